The summed E-state index contributed by atoms with van der Waals surface area (Å²) in [7, 11) is 0. The highest BCUT2D eigenvalue weighted by molar-refractivity contribution is 5.87. The molecule has 102 valence electrons. The molecule has 1 heterocycles. The Balaban J connectivity index is 2.72. The van der Waals surface area contributed by atoms with Crippen molar-refractivity contribution in [2.45, 2.75) is 44.7 Å². The maximum absolute atomic E-state index is 11.9. The number of urea groups is 1. The van der Waals surface area contributed by atoms with E-state index in [0.717, 1.165) is 19.3 Å². The lowest BCUT2D eigenvalue weighted by molar-refractivity contribution is -0.142. The van der Waals surface area contributed by atoms with Gasteiger partial charge >= 0.3 is 12.0 Å². The summed E-state index contributed by atoms with van der Waals surface area (Å²) in [5, 5.41) is 11.5. The first-order chi connectivity index (χ1) is 8.43. The molecule has 3 amide bonds. The van der Waals surface area contributed by atoms with Crippen LogP contribution in [0.25, 0.3) is 0 Å². The fourth-order valence-corrected chi connectivity index (χ4v) is 1.95. The van der Waals surface area contributed by atoms with Gasteiger partial charge in [-0.3, -0.25) is 4.79 Å². The fraction of sp³-hybridized carbons (Fsp3) is 0.727. The van der Waals surface area contributed by atoms with Gasteiger partial charge in [-0.15, -0.1) is 0 Å². The van der Waals surface area contributed by atoms with Crippen molar-refractivity contribution in [3.8, 4) is 0 Å². The minimum Gasteiger partial charge on any atom is -0.480 e. The molecule has 4 N–H and O–H groups in total. The van der Waals surface area contributed by atoms with Gasteiger partial charge in [0.1, 0.15) is 12.1 Å². The Morgan fingerprint density at radius 3 is 2.56 bits per heavy atom. The molecule has 1 aliphatic rings. The summed E-state index contributed by atoms with van der Waals surface area (Å²) < 4.78 is 0. The lowest BCUT2D eigenvalue weighted by Crippen LogP contribution is -2.53. The van der Waals surface area contributed by atoms with E-state index in [4.69, 9.17) is 10.8 Å². The summed E-state index contributed by atoms with van der Waals surface area (Å²) in [6.07, 6.45) is 2.89. The third kappa shape index (κ3) is 3.61. The van der Waals surface area contributed by atoms with Crippen molar-refractivity contribution in [3.05, 3.63) is 0 Å². The normalized spacial score (nSPS) is 21.8. The predicted molar refractivity (Wildman–Crippen MR) is 63.8 cm³/mol. The van der Waals surface area contributed by atoms with Crippen LogP contribution in [0, 0.1) is 0 Å². The first kappa shape index (κ1) is 14.3. The van der Waals surface area contributed by atoms with E-state index >= 15 is 0 Å². The summed E-state index contributed by atoms with van der Waals surface area (Å²) in [5.41, 5.74) is 5.05. The number of rotatable bonds is 3. The lowest BCUT2D eigenvalue weighted by Gasteiger charge is -2.28. The van der Waals surface area contributed by atoms with Gasteiger partial charge in [0.2, 0.25) is 5.91 Å². The Bertz CT molecular complexity index is 345. The first-order valence-electron chi connectivity index (χ1n) is 6.02. The van der Waals surface area contributed by atoms with Crippen LogP contribution in [-0.2, 0) is 9.59 Å². The van der Waals surface area contributed by atoms with Crippen molar-refractivity contribution in [2.24, 2.45) is 5.73 Å². The second-order valence-electron chi connectivity index (χ2n) is 4.47. The number of carboxylic acid groups (broad SMARTS) is 1. The number of hydrogen-bond donors (Lipinski definition) is 3. The van der Waals surface area contributed by atoms with Gasteiger partial charge in [0.15, 0.2) is 0 Å². The molecule has 0 aliphatic carbocycles. The lowest BCUT2D eigenvalue weighted by atomic mass is 10.1. The summed E-state index contributed by atoms with van der Waals surface area (Å²) in [4.78, 5) is 35.2. The molecule has 1 fully saturated rings. The first-order valence-corrected chi connectivity index (χ1v) is 6.02. The zero-order valence-electron chi connectivity index (χ0n) is 10.4. The Morgan fingerprint density at radius 1 is 1.33 bits per heavy atom. The molecule has 0 radical (unpaired) electrons. The van der Waals surface area contributed by atoms with Crippen LogP contribution in [0.2, 0.25) is 0 Å². The zero-order chi connectivity index (χ0) is 13.7. The van der Waals surface area contributed by atoms with Gasteiger partial charge in [-0.2, -0.15) is 0 Å². The zero-order valence-corrected chi connectivity index (χ0v) is 10.4. The average molecular weight is 257 g/mol. The van der Waals surface area contributed by atoms with Gasteiger partial charge in [0, 0.05) is 6.54 Å². The topological polar surface area (TPSA) is 113 Å². The molecule has 1 rings (SSSR count). The second-order valence-corrected chi connectivity index (χ2v) is 4.47. The molecule has 1 saturated heterocycles. The smallest absolute Gasteiger partial charge is 0.326 e. The van der Waals surface area contributed by atoms with Crippen molar-refractivity contribution >= 4 is 17.9 Å². The van der Waals surface area contributed by atoms with Crippen molar-refractivity contribution in [1.82, 2.24) is 10.2 Å². The number of carboxylic acids is 1. The minimum absolute atomic E-state index is 0.383. The monoisotopic (exact) mass is 257 g/mol. The highest BCUT2D eigenvalue weighted by Gasteiger charge is 2.31. The van der Waals surface area contributed by atoms with Crippen LogP contribution in [-0.4, -0.2) is 46.5 Å². The van der Waals surface area contributed by atoms with Crippen LogP contribution in [0.4, 0.5) is 4.79 Å². The Morgan fingerprint density at radius 2 is 2.00 bits per heavy atom. The van der Waals surface area contributed by atoms with Crippen LogP contribution < -0.4 is 11.1 Å². The molecular formula is C11H19N3O4. The third-order valence-corrected chi connectivity index (χ3v) is 3.07. The van der Waals surface area contributed by atoms with Gasteiger partial charge < -0.3 is 21.1 Å². The third-order valence-electron chi connectivity index (χ3n) is 3.07. The highest BCUT2D eigenvalue weighted by atomic mass is 16.4. The van der Waals surface area contributed by atoms with Crippen molar-refractivity contribution < 1.29 is 19.5 Å². The second kappa shape index (κ2) is 6.23. The largest absolute Gasteiger partial charge is 0.480 e. The number of aliphatic carboxylic acids is 1. The minimum atomic E-state index is -1.02. The number of carbonyl (C=O) groups excluding carboxylic acids is 2. The summed E-state index contributed by atoms with van der Waals surface area (Å²) in [5.74, 6) is -1.66. The van der Waals surface area contributed by atoms with E-state index in [1.807, 2.05) is 0 Å². The number of carbonyl (C=O) groups is 3. The molecule has 2 atom stereocenters. The quantitative estimate of drug-likeness (QED) is 0.655. The van der Waals surface area contributed by atoms with Gasteiger partial charge in [-0.05, 0) is 19.8 Å². The van der Waals surface area contributed by atoms with Crippen molar-refractivity contribution in [1.29, 1.82) is 0 Å². The van der Waals surface area contributed by atoms with Crippen LogP contribution >= 0.6 is 0 Å². The SMILES string of the molecule is CC(NC(=O)N1CCCCCC1C(=O)O)C(N)=O. The number of amides is 3. The van der Waals surface area contributed by atoms with Crippen LogP contribution in [0.1, 0.15) is 32.6 Å². The van der Waals surface area contributed by atoms with E-state index in [1.165, 1.54) is 11.8 Å². The van der Waals surface area contributed by atoms with E-state index in [2.05, 4.69) is 5.32 Å². The van der Waals surface area contributed by atoms with E-state index in [1.54, 1.807) is 0 Å². The predicted octanol–water partition coefficient (Wildman–Crippen LogP) is -0.101. The van der Waals surface area contributed by atoms with E-state index in [-0.39, 0.29) is 0 Å². The van der Waals surface area contributed by atoms with Crippen molar-refractivity contribution in [3.63, 3.8) is 0 Å². The summed E-state index contributed by atoms with van der Waals surface area (Å²) in [6.45, 7) is 1.85. The maximum Gasteiger partial charge on any atom is 0.326 e. The number of nitrogens with one attached hydrogen (secondary N) is 1. The Hall–Kier alpha value is -1.79. The standard InChI is InChI=1S/C11H19N3O4/c1-7(9(12)15)13-11(18)14-6-4-2-3-5-8(14)10(16)17/h7-8H,2-6H2,1H3,(H2,12,15)(H,13,18)(H,16,17). The van der Waals surface area contributed by atoms with Crippen LogP contribution in [0.5, 0.6) is 0 Å². The molecule has 0 aromatic rings. The Labute approximate surface area is 105 Å². The highest BCUT2D eigenvalue weighted by Crippen LogP contribution is 2.17. The molecule has 7 heteroatoms. The molecule has 0 aromatic carbocycles. The van der Waals surface area contributed by atoms with Gasteiger partial charge in [-0.1, -0.05) is 12.8 Å². The maximum atomic E-state index is 11.9. The molecule has 2 unspecified atom stereocenters. The molecule has 0 spiro atoms. The van der Waals surface area contributed by atoms with E-state index < -0.39 is 30.0 Å². The van der Waals surface area contributed by atoms with Gasteiger partial charge in [-0.25, -0.2) is 9.59 Å². The summed E-state index contributed by atoms with van der Waals surface area (Å²) >= 11 is 0. The van der Waals surface area contributed by atoms with Crippen molar-refractivity contribution in [2.75, 3.05) is 6.54 Å². The fourth-order valence-electron chi connectivity index (χ4n) is 1.95. The Kier molecular flexibility index (Phi) is 4.94. The van der Waals surface area contributed by atoms with E-state index in [9.17, 15) is 14.4 Å². The van der Waals surface area contributed by atoms with Crippen LogP contribution in [0.15, 0.2) is 0 Å². The molecule has 0 aromatic heterocycles. The molecule has 18 heavy (non-hydrogen) atoms. The molecule has 7 nitrogen and oxygen atoms in total. The van der Waals surface area contributed by atoms with E-state index in [0.29, 0.717) is 13.0 Å². The van der Waals surface area contributed by atoms with Gasteiger partial charge in [0.05, 0.1) is 0 Å². The molecule has 0 bridgehead atoms. The molecular weight excluding hydrogens is 238 g/mol. The number of nitrogens with zero attached hydrogens (tertiary/aromatic N) is 1. The van der Waals surface area contributed by atoms with Gasteiger partial charge in [0.25, 0.3) is 0 Å². The van der Waals surface area contributed by atoms with Crippen LogP contribution in [0.3, 0.4) is 0 Å². The number of hydrogen-bond acceptors (Lipinski definition) is 3. The molecule has 1 aliphatic heterocycles. The summed E-state index contributed by atoms with van der Waals surface area (Å²) in [6, 6.07) is -2.18. The molecule has 0 saturated carbocycles. The number of likely N-dealkylation sites (tertiary alicyclic amines) is 1. The number of nitrogens with two attached hydrogens (primary N) is 1. The average Bonchev–Trinajstić information content (AvgIpc) is 2.53. The number of primary amides is 1.